The van der Waals surface area contributed by atoms with E-state index in [4.69, 9.17) is 16.3 Å². The van der Waals surface area contributed by atoms with E-state index in [1.807, 2.05) is 0 Å². The molecule has 0 bridgehead atoms. The molecule has 3 saturated carbocycles. The van der Waals surface area contributed by atoms with Gasteiger partial charge in [0.25, 0.3) is 0 Å². The molecule has 0 saturated heterocycles. The van der Waals surface area contributed by atoms with Crippen LogP contribution in [0.4, 0.5) is 17.6 Å². The highest BCUT2D eigenvalue weighted by Gasteiger charge is 2.63. The first-order chi connectivity index (χ1) is 14.8. The average Bonchev–Trinajstić information content (AvgIpc) is 3.62. The van der Waals surface area contributed by atoms with Crippen molar-refractivity contribution in [2.75, 3.05) is 6.61 Å². The first kappa shape index (κ1) is 19.3. The summed E-state index contributed by atoms with van der Waals surface area (Å²) in [5.74, 6) is 1.62. The lowest BCUT2D eigenvalue weighted by Gasteiger charge is -2.15. The molecular weight excluding hydrogens is 434 g/mol. The monoisotopic (exact) mass is 451 g/mol. The van der Waals surface area contributed by atoms with Crippen LogP contribution in [-0.4, -0.2) is 21.2 Å². The SMILES string of the molecule is Fc1cccc(Cl)c1C1CC1COc1ccn2c(CC3C4CC34)nnc2c1C(F)(F)F. The summed E-state index contributed by atoms with van der Waals surface area (Å²) < 4.78 is 62.8. The maximum Gasteiger partial charge on any atom is 0.423 e. The Balaban J connectivity index is 1.23. The Bertz CT molecular complexity index is 1170. The van der Waals surface area contributed by atoms with Gasteiger partial charge in [-0.25, -0.2) is 4.39 Å². The zero-order valence-corrected chi connectivity index (χ0v) is 17.0. The van der Waals surface area contributed by atoms with E-state index in [0.29, 0.717) is 35.2 Å². The van der Waals surface area contributed by atoms with Crippen molar-refractivity contribution in [3.63, 3.8) is 0 Å². The number of fused-ring (bicyclic) bond motifs is 2. The van der Waals surface area contributed by atoms with Crippen LogP contribution in [0.2, 0.25) is 5.02 Å². The molecule has 3 fully saturated rings. The Morgan fingerprint density at radius 1 is 1.13 bits per heavy atom. The van der Waals surface area contributed by atoms with Crippen LogP contribution < -0.4 is 4.74 Å². The molecule has 9 heteroatoms. The van der Waals surface area contributed by atoms with Gasteiger partial charge in [-0.2, -0.15) is 13.2 Å². The van der Waals surface area contributed by atoms with Gasteiger partial charge in [0.2, 0.25) is 0 Å². The summed E-state index contributed by atoms with van der Waals surface area (Å²) in [6.45, 7) is 0.0427. The highest BCUT2D eigenvalue weighted by molar-refractivity contribution is 6.31. The summed E-state index contributed by atoms with van der Waals surface area (Å²) in [4.78, 5) is 0. The van der Waals surface area contributed by atoms with Crippen molar-refractivity contribution >= 4 is 17.2 Å². The highest BCUT2D eigenvalue weighted by atomic mass is 35.5. The average molecular weight is 452 g/mol. The zero-order valence-electron chi connectivity index (χ0n) is 16.2. The van der Waals surface area contributed by atoms with Crippen molar-refractivity contribution in [3.05, 3.63) is 58.3 Å². The van der Waals surface area contributed by atoms with Crippen molar-refractivity contribution in [1.82, 2.24) is 14.6 Å². The van der Waals surface area contributed by atoms with Crippen molar-refractivity contribution in [1.29, 1.82) is 0 Å². The summed E-state index contributed by atoms with van der Waals surface area (Å²) in [5.41, 5.74) is -0.751. The normalized spacial score (nSPS) is 28.5. The highest BCUT2D eigenvalue weighted by Crippen LogP contribution is 2.69. The number of hydrogen-bond donors (Lipinski definition) is 0. The van der Waals surface area contributed by atoms with Crippen LogP contribution in [0.3, 0.4) is 0 Å². The maximum absolute atomic E-state index is 14.1. The molecule has 162 valence electrons. The van der Waals surface area contributed by atoms with Crippen LogP contribution >= 0.6 is 11.6 Å². The van der Waals surface area contributed by atoms with E-state index in [1.54, 1.807) is 12.3 Å². The molecule has 0 amide bonds. The van der Waals surface area contributed by atoms with Gasteiger partial charge >= 0.3 is 6.18 Å². The second-order valence-corrected chi connectivity index (χ2v) is 9.25. The van der Waals surface area contributed by atoms with Crippen LogP contribution in [0.15, 0.2) is 30.5 Å². The van der Waals surface area contributed by atoms with E-state index in [9.17, 15) is 17.6 Å². The van der Waals surface area contributed by atoms with Gasteiger partial charge in [-0.3, -0.25) is 4.40 Å². The van der Waals surface area contributed by atoms with Gasteiger partial charge in [-0.15, -0.1) is 10.2 Å². The van der Waals surface area contributed by atoms with E-state index in [-0.39, 0.29) is 29.8 Å². The number of nitrogens with zero attached hydrogens (tertiary/aromatic N) is 3. The molecule has 4 atom stereocenters. The first-order valence-electron chi connectivity index (χ1n) is 10.3. The molecule has 0 N–H and O–H groups in total. The van der Waals surface area contributed by atoms with Crippen LogP contribution in [0.25, 0.3) is 5.65 Å². The van der Waals surface area contributed by atoms with E-state index < -0.39 is 17.6 Å². The minimum atomic E-state index is -4.64. The number of benzene rings is 1. The largest absolute Gasteiger partial charge is 0.492 e. The van der Waals surface area contributed by atoms with Gasteiger partial charge in [-0.1, -0.05) is 17.7 Å². The fraction of sp³-hybridized carbons (Fsp3) is 0.455. The molecule has 4 unspecified atom stereocenters. The van der Waals surface area contributed by atoms with Gasteiger partial charge < -0.3 is 4.74 Å². The van der Waals surface area contributed by atoms with E-state index >= 15 is 0 Å². The van der Waals surface area contributed by atoms with E-state index in [0.717, 1.165) is 11.8 Å². The summed E-state index contributed by atoms with van der Waals surface area (Å²) in [6, 6.07) is 5.80. The van der Waals surface area contributed by atoms with Crippen molar-refractivity contribution in [3.8, 4) is 5.75 Å². The molecule has 1 aromatic carbocycles. The summed E-state index contributed by atoms with van der Waals surface area (Å²) in [7, 11) is 0. The molecule has 4 nitrogen and oxygen atoms in total. The molecular formula is C22H18ClF4N3O. The third-order valence-corrected chi connectivity index (χ3v) is 7.24. The molecule has 0 aliphatic heterocycles. The zero-order chi connectivity index (χ0) is 21.5. The Hall–Kier alpha value is -2.35. The van der Waals surface area contributed by atoms with Crippen molar-refractivity contribution in [2.45, 2.75) is 31.4 Å². The number of alkyl halides is 3. The molecule has 2 aromatic heterocycles. The second-order valence-electron chi connectivity index (χ2n) is 8.84. The third kappa shape index (κ3) is 3.26. The Morgan fingerprint density at radius 2 is 1.94 bits per heavy atom. The molecule has 0 spiro atoms. The standard InChI is InChI=1S/C22H18ClF4N3O/c23-15-2-1-3-16(24)19(15)11-6-10(11)9-31-17-4-5-30-18(8-14-12-7-13(12)14)28-29-21(30)20(17)22(25,26)27/h1-5,10-14H,6-9H2. The van der Waals surface area contributed by atoms with Crippen LogP contribution in [0, 0.1) is 29.5 Å². The Labute approximate surface area is 180 Å². The van der Waals surface area contributed by atoms with Gasteiger partial charge in [-0.05, 0) is 54.7 Å². The number of halogens is 5. The number of pyridine rings is 1. The molecule has 6 rings (SSSR count). The van der Waals surface area contributed by atoms with Crippen LogP contribution in [0.1, 0.15) is 35.7 Å². The minimum absolute atomic E-state index is 0.0427. The molecule has 3 aliphatic carbocycles. The smallest absolute Gasteiger partial charge is 0.423 e. The Kier molecular flexibility index (Phi) is 4.10. The number of aromatic nitrogens is 3. The summed E-state index contributed by atoms with van der Waals surface area (Å²) in [5, 5.41) is 8.19. The number of rotatable bonds is 6. The van der Waals surface area contributed by atoms with Crippen LogP contribution in [0.5, 0.6) is 5.75 Å². The maximum atomic E-state index is 14.1. The van der Waals surface area contributed by atoms with Crippen LogP contribution in [-0.2, 0) is 12.6 Å². The number of ether oxygens (including phenoxy) is 1. The van der Waals surface area contributed by atoms with Gasteiger partial charge in [0.15, 0.2) is 5.65 Å². The summed E-state index contributed by atoms with van der Waals surface area (Å²) in [6.07, 6.45) is -0.597. The number of hydrogen-bond acceptors (Lipinski definition) is 3. The Morgan fingerprint density at radius 3 is 2.61 bits per heavy atom. The third-order valence-electron chi connectivity index (χ3n) is 6.91. The predicted molar refractivity (Wildman–Crippen MR) is 105 cm³/mol. The summed E-state index contributed by atoms with van der Waals surface area (Å²) >= 11 is 6.10. The molecule has 0 radical (unpaired) electrons. The van der Waals surface area contributed by atoms with Gasteiger partial charge in [0, 0.05) is 29.1 Å². The van der Waals surface area contributed by atoms with Crippen molar-refractivity contribution in [2.24, 2.45) is 23.7 Å². The fourth-order valence-corrected chi connectivity index (χ4v) is 5.09. The molecule has 3 aromatic rings. The fourth-order valence-electron chi connectivity index (χ4n) is 4.79. The molecule has 3 aliphatic rings. The molecule has 31 heavy (non-hydrogen) atoms. The predicted octanol–water partition coefficient (Wildman–Crippen LogP) is 5.53. The first-order valence-corrected chi connectivity index (χ1v) is 10.7. The topological polar surface area (TPSA) is 39.4 Å². The van der Waals surface area contributed by atoms with Gasteiger partial charge in [0.1, 0.15) is 23.0 Å². The van der Waals surface area contributed by atoms with E-state index in [1.165, 1.54) is 29.0 Å². The lowest BCUT2D eigenvalue weighted by Crippen LogP contribution is -2.13. The van der Waals surface area contributed by atoms with E-state index in [2.05, 4.69) is 10.2 Å². The van der Waals surface area contributed by atoms with Gasteiger partial charge in [0.05, 0.1) is 6.61 Å². The molecule has 2 heterocycles. The lowest BCUT2D eigenvalue weighted by atomic mass is 10.1. The second kappa shape index (κ2) is 6.58. The minimum Gasteiger partial charge on any atom is -0.492 e. The van der Waals surface area contributed by atoms with Crippen molar-refractivity contribution < 1.29 is 22.3 Å². The lowest BCUT2D eigenvalue weighted by molar-refractivity contribution is -0.138. The quantitative estimate of drug-likeness (QED) is 0.462.